The standard InChI is InChI=1S/C14H13NO/c1-11(16)8-9-15-14-7-6-12-4-2-3-5-13(12)10-14/h2-7,9-10H,8H2,1H3. The third-order valence-corrected chi connectivity index (χ3v) is 2.35. The minimum absolute atomic E-state index is 0.129. The van der Waals surface area contributed by atoms with Crippen LogP contribution in [0.2, 0.25) is 0 Å². The van der Waals surface area contributed by atoms with Gasteiger partial charge in [0.15, 0.2) is 0 Å². The molecule has 2 aromatic rings. The zero-order valence-electron chi connectivity index (χ0n) is 9.18. The molecule has 0 heterocycles. The fourth-order valence-electron chi connectivity index (χ4n) is 1.54. The zero-order chi connectivity index (χ0) is 11.4. The lowest BCUT2D eigenvalue weighted by atomic mass is 10.1. The Bertz CT molecular complexity index is 543. The van der Waals surface area contributed by atoms with Gasteiger partial charge in [0.05, 0.1) is 5.69 Å². The van der Waals surface area contributed by atoms with Gasteiger partial charge in [-0.2, -0.15) is 0 Å². The molecule has 0 amide bonds. The first-order chi connectivity index (χ1) is 7.75. The molecule has 2 rings (SSSR count). The monoisotopic (exact) mass is 211 g/mol. The van der Waals surface area contributed by atoms with Crippen LogP contribution in [0.1, 0.15) is 13.3 Å². The van der Waals surface area contributed by atoms with Crippen molar-refractivity contribution in [1.29, 1.82) is 0 Å². The Labute approximate surface area is 94.6 Å². The first-order valence-electron chi connectivity index (χ1n) is 5.26. The smallest absolute Gasteiger partial charge is 0.135 e. The lowest BCUT2D eigenvalue weighted by molar-refractivity contribution is -0.115. The third-order valence-electron chi connectivity index (χ3n) is 2.35. The molecule has 0 fully saturated rings. The van der Waals surface area contributed by atoms with Crippen molar-refractivity contribution in [3.63, 3.8) is 0 Å². The molecule has 2 nitrogen and oxygen atoms in total. The lowest BCUT2D eigenvalue weighted by Gasteiger charge is -1.98. The number of aliphatic imine (C=N–C) groups is 1. The Morgan fingerprint density at radius 2 is 1.94 bits per heavy atom. The van der Waals surface area contributed by atoms with Crippen LogP contribution in [0.25, 0.3) is 10.8 Å². The quantitative estimate of drug-likeness (QED) is 0.714. The van der Waals surface area contributed by atoms with Crippen molar-refractivity contribution in [3.05, 3.63) is 42.5 Å². The van der Waals surface area contributed by atoms with Gasteiger partial charge in [-0.3, -0.25) is 9.79 Å². The van der Waals surface area contributed by atoms with Crippen molar-refractivity contribution in [1.82, 2.24) is 0 Å². The van der Waals surface area contributed by atoms with Gasteiger partial charge in [0.1, 0.15) is 5.78 Å². The Hall–Kier alpha value is -1.96. The van der Waals surface area contributed by atoms with Crippen molar-refractivity contribution < 1.29 is 4.79 Å². The number of hydrogen-bond acceptors (Lipinski definition) is 2. The second-order valence-corrected chi connectivity index (χ2v) is 3.75. The number of carbonyl (C=O) groups is 1. The molecule has 0 aliphatic carbocycles. The third kappa shape index (κ3) is 2.54. The average molecular weight is 211 g/mol. The molecule has 0 aliphatic rings. The van der Waals surface area contributed by atoms with E-state index in [4.69, 9.17) is 0 Å². The van der Waals surface area contributed by atoms with Crippen LogP contribution in [-0.4, -0.2) is 12.0 Å². The van der Waals surface area contributed by atoms with Crippen LogP contribution in [0, 0.1) is 0 Å². The van der Waals surface area contributed by atoms with E-state index in [0.29, 0.717) is 6.42 Å². The first kappa shape index (κ1) is 10.6. The average Bonchev–Trinajstić information content (AvgIpc) is 2.28. The Kier molecular flexibility index (Phi) is 3.10. The fraction of sp³-hybridized carbons (Fsp3) is 0.143. The molecular formula is C14H13NO. The zero-order valence-corrected chi connectivity index (χ0v) is 9.18. The van der Waals surface area contributed by atoms with E-state index >= 15 is 0 Å². The summed E-state index contributed by atoms with van der Waals surface area (Å²) in [7, 11) is 0. The van der Waals surface area contributed by atoms with E-state index < -0.39 is 0 Å². The maximum absolute atomic E-state index is 10.8. The summed E-state index contributed by atoms with van der Waals surface area (Å²) in [5.74, 6) is 0.129. The van der Waals surface area contributed by atoms with Crippen LogP contribution in [-0.2, 0) is 4.79 Å². The molecule has 0 saturated carbocycles. The summed E-state index contributed by atoms with van der Waals surface area (Å²) in [4.78, 5) is 15.0. The maximum atomic E-state index is 10.8. The van der Waals surface area contributed by atoms with Crippen LogP contribution in [0.5, 0.6) is 0 Å². The SMILES string of the molecule is CC(=O)CC=Nc1ccc2ccccc2c1. The summed E-state index contributed by atoms with van der Waals surface area (Å²) in [5, 5.41) is 2.37. The highest BCUT2D eigenvalue weighted by molar-refractivity contribution is 5.91. The van der Waals surface area contributed by atoms with Crippen LogP contribution in [0.15, 0.2) is 47.5 Å². The van der Waals surface area contributed by atoms with Gasteiger partial charge in [0, 0.05) is 12.6 Å². The number of fused-ring (bicyclic) bond motifs is 1. The molecule has 0 atom stereocenters. The predicted octanol–water partition coefficient (Wildman–Crippen LogP) is 3.52. The summed E-state index contributed by atoms with van der Waals surface area (Å²) in [6.45, 7) is 1.56. The van der Waals surface area contributed by atoms with Crippen molar-refractivity contribution in [3.8, 4) is 0 Å². The molecule has 0 aromatic heterocycles. The highest BCUT2D eigenvalue weighted by Gasteiger charge is 1.93. The van der Waals surface area contributed by atoms with E-state index in [1.807, 2.05) is 30.3 Å². The van der Waals surface area contributed by atoms with Gasteiger partial charge in [0.2, 0.25) is 0 Å². The van der Waals surface area contributed by atoms with E-state index in [1.54, 1.807) is 13.1 Å². The molecular weight excluding hydrogens is 198 g/mol. The Morgan fingerprint density at radius 3 is 2.69 bits per heavy atom. The summed E-state index contributed by atoms with van der Waals surface area (Å²) >= 11 is 0. The van der Waals surface area contributed by atoms with Gasteiger partial charge in [-0.1, -0.05) is 30.3 Å². The summed E-state index contributed by atoms with van der Waals surface area (Å²) in [5.41, 5.74) is 0.889. The minimum Gasteiger partial charge on any atom is -0.300 e. The van der Waals surface area contributed by atoms with Crippen molar-refractivity contribution in [2.24, 2.45) is 4.99 Å². The van der Waals surface area contributed by atoms with E-state index in [9.17, 15) is 4.79 Å². The molecule has 0 bridgehead atoms. The van der Waals surface area contributed by atoms with Crippen LogP contribution in [0.3, 0.4) is 0 Å². The number of ketones is 1. The summed E-state index contributed by atoms with van der Waals surface area (Å²) in [6, 6.07) is 14.2. The van der Waals surface area contributed by atoms with Crippen LogP contribution < -0.4 is 0 Å². The summed E-state index contributed by atoms with van der Waals surface area (Å²) < 4.78 is 0. The fourth-order valence-corrected chi connectivity index (χ4v) is 1.54. The van der Waals surface area contributed by atoms with Gasteiger partial charge in [0.25, 0.3) is 0 Å². The highest BCUT2D eigenvalue weighted by Crippen LogP contribution is 2.20. The lowest BCUT2D eigenvalue weighted by Crippen LogP contribution is -1.88. The van der Waals surface area contributed by atoms with E-state index in [-0.39, 0.29) is 5.78 Å². The number of nitrogens with zero attached hydrogens (tertiary/aromatic N) is 1. The first-order valence-corrected chi connectivity index (χ1v) is 5.26. The van der Waals surface area contributed by atoms with E-state index in [1.165, 1.54) is 10.8 Å². The van der Waals surface area contributed by atoms with Gasteiger partial charge >= 0.3 is 0 Å². The van der Waals surface area contributed by atoms with Crippen molar-refractivity contribution in [2.75, 3.05) is 0 Å². The molecule has 0 spiro atoms. The number of rotatable bonds is 3. The number of benzene rings is 2. The van der Waals surface area contributed by atoms with E-state index in [2.05, 4.69) is 17.1 Å². The Morgan fingerprint density at radius 1 is 1.19 bits per heavy atom. The summed E-state index contributed by atoms with van der Waals surface area (Å²) in [6.07, 6.45) is 2.05. The molecule has 0 unspecified atom stereocenters. The topological polar surface area (TPSA) is 29.4 Å². The molecule has 16 heavy (non-hydrogen) atoms. The largest absolute Gasteiger partial charge is 0.300 e. The molecule has 80 valence electrons. The molecule has 2 aromatic carbocycles. The van der Waals surface area contributed by atoms with Crippen LogP contribution in [0.4, 0.5) is 5.69 Å². The minimum atomic E-state index is 0.129. The van der Waals surface area contributed by atoms with Gasteiger partial charge < -0.3 is 0 Å². The van der Waals surface area contributed by atoms with Gasteiger partial charge in [-0.05, 0) is 29.8 Å². The molecule has 2 heteroatoms. The van der Waals surface area contributed by atoms with E-state index in [0.717, 1.165) is 5.69 Å². The molecule has 0 radical (unpaired) electrons. The highest BCUT2D eigenvalue weighted by atomic mass is 16.1. The van der Waals surface area contributed by atoms with Crippen molar-refractivity contribution >= 4 is 28.5 Å². The van der Waals surface area contributed by atoms with Crippen LogP contribution >= 0.6 is 0 Å². The van der Waals surface area contributed by atoms with Gasteiger partial charge in [-0.15, -0.1) is 0 Å². The maximum Gasteiger partial charge on any atom is 0.135 e. The number of hydrogen-bond donors (Lipinski definition) is 0. The second-order valence-electron chi connectivity index (χ2n) is 3.75. The van der Waals surface area contributed by atoms with Gasteiger partial charge in [-0.25, -0.2) is 0 Å². The molecule has 0 aliphatic heterocycles. The molecule has 0 saturated heterocycles. The second kappa shape index (κ2) is 4.71. The number of carbonyl (C=O) groups excluding carboxylic acids is 1. The predicted molar refractivity (Wildman–Crippen MR) is 67.4 cm³/mol. The number of Topliss-reactive ketones (excluding diaryl/α,β-unsaturated/α-hetero) is 1. The molecule has 0 N–H and O–H groups in total. The van der Waals surface area contributed by atoms with Crippen molar-refractivity contribution in [2.45, 2.75) is 13.3 Å². The normalized spacial score (nSPS) is 11.1. The Balaban J connectivity index is 2.26.